The number of hydrogen-bond acceptors (Lipinski definition) is 4. The summed E-state index contributed by atoms with van der Waals surface area (Å²) in [6.45, 7) is 0. The molecule has 0 saturated carbocycles. The number of halogens is 3. The fourth-order valence-electron chi connectivity index (χ4n) is 1.43. The molecule has 1 N–H and O–H groups in total. The molecule has 2 rings (SSSR count). The SMILES string of the molecule is O=C(NS(=O)(=O)c1ccc(Cl)nc1)c1ccc(Cl)cc1Cl.[Na]. The minimum absolute atomic E-state index is 0. The van der Waals surface area contributed by atoms with Gasteiger partial charge in [-0.05, 0) is 30.3 Å². The van der Waals surface area contributed by atoms with Crippen molar-refractivity contribution >= 4 is 80.3 Å². The molecular formula is C12H7Cl3N2NaO3S. The van der Waals surface area contributed by atoms with Gasteiger partial charge in [-0.3, -0.25) is 4.79 Å². The van der Waals surface area contributed by atoms with E-state index in [1.165, 1.54) is 30.3 Å². The number of amides is 1. The van der Waals surface area contributed by atoms with Crippen LogP contribution in [0.15, 0.2) is 41.4 Å². The molecule has 0 atom stereocenters. The molecule has 0 fully saturated rings. The van der Waals surface area contributed by atoms with Gasteiger partial charge in [-0.1, -0.05) is 34.8 Å². The molecule has 0 aliphatic heterocycles. The van der Waals surface area contributed by atoms with Crippen molar-refractivity contribution in [1.82, 2.24) is 9.71 Å². The molecule has 1 amide bonds. The van der Waals surface area contributed by atoms with Gasteiger partial charge in [0.1, 0.15) is 10.0 Å². The molecule has 0 bridgehead atoms. The number of benzene rings is 1. The van der Waals surface area contributed by atoms with E-state index in [0.717, 1.165) is 6.20 Å². The van der Waals surface area contributed by atoms with Gasteiger partial charge in [-0.2, -0.15) is 0 Å². The van der Waals surface area contributed by atoms with E-state index >= 15 is 0 Å². The number of nitrogens with one attached hydrogen (secondary N) is 1. The Labute approximate surface area is 164 Å². The van der Waals surface area contributed by atoms with Crippen molar-refractivity contribution in [2.24, 2.45) is 0 Å². The van der Waals surface area contributed by atoms with E-state index in [9.17, 15) is 13.2 Å². The molecule has 10 heteroatoms. The summed E-state index contributed by atoms with van der Waals surface area (Å²) in [5, 5.41) is 0.520. The van der Waals surface area contributed by atoms with E-state index in [-0.39, 0.29) is 50.2 Å². The predicted octanol–water partition coefficient (Wildman–Crippen LogP) is 2.78. The number of rotatable bonds is 3. The molecule has 1 aromatic carbocycles. The van der Waals surface area contributed by atoms with E-state index in [1.54, 1.807) is 0 Å². The summed E-state index contributed by atoms with van der Waals surface area (Å²) in [4.78, 5) is 15.4. The second kappa shape index (κ2) is 7.97. The molecule has 2 aromatic rings. The van der Waals surface area contributed by atoms with Gasteiger partial charge in [0.2, 0.25) is 0 Å². The Morgan fingerprint density at radius 3 is 2.32 bits per heavy atom. The Kier molecular flexibility index (Phi) is 7.14. The number of carbonyl (C=O) groups is 1. The quantitative estimate of drug-likeness (QED) is 0.648. The van der Waals surface area contributed by atoms with Crippen LogP contribution < -0.4 is 4.72 Å². The first-order valence-electron chi connectivity index (χ1n) is 5.43. The summed E-state index contributed by atoms with van der Waals surface area (Å²) in [5.74, 6) is -0.869. The molecule has 1 radical (unpaired) electrons. The van der Waals surface area contributed by atoms with Crippen molar-refractivity contribution < 1.29 is 13.2 Å². The maximum atomic E-state index is 12.0. The van der Waals surface area contributed by atoms with Crippen molar-refractivity contribution in [3.63, 3.8) is 0 Å². The van der Waals surface area contributed by atoms with Gasteiger partial charge in [0, 0.05) is 40.8 Å². The average molecular weight is 389 g/mol. The van der Waals surface area contributed by atoms with Crippen LogP contribution in [0.25, 0.3) is 0 Å². The van der Waals surface area contributed by atoms with Crippen molar-refractivity contribution in [3.05, 3.63) is 57.3 Å². The molecule has 22 heavy (non-hydrogen) atoms. The van der Waals surface area contributed by atoms with E-state index in [4.69, 9.17) is 34.8 Å². The van der Waals surface area contributed by atoms with E-state index < -0.39 is 15.9 Å². The summed E-state index contributed by atoms with van der Waals surface area (Å²) < 4.78 is 25.9. The Morgan fingerprint density at radius 1 is 1.09 bits per heavy atom. The summed E-state index contributed by atoms with van der Waals surface area (Å²) in [7, 11) is -4.06. The third kappa shape index (κ3) is 4.83. The summed E-state index contributed by atoms with van der Waals surface area (Å²) in [5.41, 5.74) is -0.00781. The largest absolute Gasteiger partial charge is 0.268 e. The smallest absolute Gasteiger partial charge is 0.266 e. The van der Waals surface area contributed by atoms with Gasteiger partial charge >= 0.3 is 0 Å². The second-order valence-corrected chi connectivity index (χ2v) is 6.79. The van der Waals surface area contributed by atoms with E-state index in [1.807, 2.05) is 4.72 Å². The predicted molar refractivity (Wildman–Crippen MR) is 86.1 cm³/mol. The van der Waals surface area contributed by atoms with Gasteiger partial charge in [0.15, 0.2) is 0 Å². The summed E-state index contributed by atoms with van der Waals surface area (Å²) >= 11 is 17.1. The number of pyridine rings is 1. The molecule has 0 spiro atoms. The molecule has 0 unspecified atom stereocenters. The summed E-state index contributed by atoms with van der Waals surface area (Å²) in [6.07, 6.45) is 1.04. The van der Waals surface area contributed by atoms with Crippen LogP contribution in [0.4, 0.5) is 0 Å². The first-order chi connectivity index (χ1) is 9.79. The van der Waals surface area contributed by atoms with Crippen LogP contribution in [0.3, 0.4) is 0 Å². The molecule has 111 valence electrons. The van der Waals surface area contributed by atoms with Crippen LogP contribution in [-0.2, 0) is 10.0 Å². The van der Waals surface area contributed by atoms with E-state index in [2.05, 4.69) is 4.98 Å². The first-order valence-corrected chi connectivity index (χ1v) is 8.05. The van der Waals surface area contributed by atoms with Crippen molar-refractivity contribution in [1.29, 1.82) is 0 Å². The second-order valence-electron chi connectivity index (χ2n) is 3.88. The molecule has 5 nitrogen and oxygen atoms in total. The van der Waals surface area contributed by atoms with Crippen LogP contribution in [0.5, 0.6) is 0 Å². The number of carbonyl (C=O) groups excluding carboxylic acids is 1. The van der Waals surface area contributed by atoms with Crippen LogP contribution in [-0.4, -0.2) is 48.9 Å². The Morgan fingerprint density at radius 2 is 1.77 bits per heavy atom. The third-order valence-corrected chi connectivity index (χ3v) is 4.50. The third-order valence-electron chi connectivity index (χ3n) is 2.41. The molecular weight excluding hydrogens is 382 g/mol. The minimum atomic E-state index is -4.06. The van der Waals surface area contributed by atoms with Crippen molar-refractivity contribution in [3.8, 4) is 0 Å². The van der Waals surface area contributed by atoms with Gasteiger partial charge in [-0.25, -0.2) is 18.1 Å². The Balaban J connectivity index is 0.00000242. The number of sulfonamides is 1. The van der Waals surface area contributed by atoms with Gasteiger partial charge in [0.25, 0.3) is 15.9 Å². The average Bonchev–Trinajstić information content (AvgIpc) is 2.38. The summed E-state index contributed by atoms with van der Waals surface area (Å²) in [6, 6.07) is 6.63. The van der Waals surface area contributed by atoms with Crippen molar-refractivity contribution in [2.45, 2.75) is 4.90 Å². The number of aromatic nitrogens is 1. The van der Waals surface area contributed by atoms with Crippen molar-refractivity contribution in [2.75, 3.05) is 0 Å². The first kappa shape index (κ1) is 19.7. The minimum Gasteiger partial charge on any atom is -0.268 e. The van der Waals surface area contributed by atoms with Gasteiger partial charge in [-0.15, -0.1) is 0 Å². The zero-order valence-corrected chi connectivity index (χ0v) is 16.3. The Hall–Kier alpha value is -0.340. The molecule has 0 aliphatic rings. The Bertz CT molecular complexity index is 798. The normalized spacial score (nSPS) is 10.7. The van der Waals surface area contributed by atoms with Gasteiger partial charge in [0.05, 0.1) is 10.6 Å². The zero-order chi connectivity index (χ0) is 15.6. The monoisotopic (exact) mass is 387 g/mol. The number of nitrogens with zero attached hydrogens (tertiary/aromatic N) is 1. The standard InChI is InChI=1S/C12H7Cl3N2O3S.Na/c13-7-1-3-9(10(14)5-7)12(18)17-21(19,20)8-2-4-11(15)16-6-8;/h1-6H,(H,17,18);. The number of hydrogen-bond donors (Lipinski definition) is 1. The van der Waals surface area contributed by atoms with E-state index in [0.29, 0.717) is 5.02 Å². The fourth-order valence-corrected chi connectivity index (χ4v) is 2.95. The molecule has 0 saturated heterocycles. The molecule has 1 heterocycles. The maximum Gasteiger partial charge on any atom is 0.266 e. The van der Waals surface area contributed by atoms with Crippen LogP contribution in [0.2, 0.25) is 15.2 Å². The fraction of sp³-hybridized carbons (Fsp3) is 0. The van der Waals surface area contributed by atoms with Crippen LogP contribution >= 0.6 is 34.8 Å². The van der Waals surface area contributed by atoms with Gasteiger partial charge < -0.3 is 0 Å². The zero-order valence-electron chi connectivity index (χ0n) is 11.2. The maximum absolute atomic E-state index is 12.0. The topological polar surface area (TPSA) is 76.1 Å². The molecule has 0 aliphatic carbocycles. The molecule has 1 aromatic heterocycles. The van der Waals surface area contributed by atoms with Crippen LogP contribution in [0.1, 0.15) is 10.4 Å². The van der Waals surface area contributed by atoms with Crippen LogP contribution in [0, 0.1) is 0 Å².